The summed E-state index contributed by atoms with van der Waals surface area (Å²) in [6, 6.07) is 0. The first kappa shape index (κ1) is 17.1. The lowest BCUT2D eigenvalue weighted by Crippen LogP contribution is -2.36. The van der Waals surface area contributed by atoms with Gasteiger partial charge < -0.3 is 11.1 Å². The molecule has 0 saturated carbocycles. The standard InChI is InChI=1S/C12H21N3O3S2/c1-12(2,3)20(17,18)7-6-14-11(16)9-8-19-10(15-9)4-5-13/h8H,4-7,13H2,1-3H3,(H,14,16). The molecule has 0 aliphatic rings. The van der Waals surface area contributed by atoms with Crippen molar-refractivity contribution in [2.24, 2.45) is 5.73 Å². The molecule has 3 N–H and O–H groups in total. The van der Waals surface area contributed by atoms with Crippen molar-refractivity contribution < 1.29 is 13.2 Å². The van der Waals surface area contributed by atoms with Crippen LogP contribution in [-0.4, -0.2) is 42.9 Å². The Morgan fingerprint density at radius 3 is 2.65 bits per heavy atom. The number of hydrogen-bond donors (Lipinski definition) is 2. The number of sulfone groups is 1. The van der Waals surface area contributed by atoms with Crippen molar-refractivity contribution in [1.82, 2.24) is 10.3 Å². The van der Waals surface area contributed by atoms with Gasteiger partial charge >= 0.3 is 0 Å². The maximum atomic E-state index is 11.9. The molecule has 0 spiro atoms. The fraction of sp³-hybridized carbons (Fsp3) is 0.667. The highest BCUT2D eigenvalue weighted by molar-refractivity contribution is 7.92. The molecule has 0 atom stereocenters. The zero-order valence-corrected chi connectivity index (χ0v) is 13.6. The van der Waals surface area contributed by atoms with Crippen LogP contribution in [-0.2, 0) is 16.3 Å². The molecule has 8 heteroatoms. The SMILES string of the molecule is CC(C)(C)S(=O)(=O)CCNC(=O)c1csc(CCN)n1. The summed E-state index contributed by atoms with van der Waals surface area (Å²) in [6.45, 7) is 5.50. The minimum absolute atomic E-state index is 0.0813. The molecule has 114 valence electrons. The number of carbonyl (C=O) groups is 1. The summed E-state index contributed by atoms with van der Waals surface area (Å²) in [5, 5.41) is 5.03. The molecule has 1 amide bonds. The second-order valence-corrected chi connectivity index (χ2v) is 9.16. The van der Waals surface area contributed by atoms with E-state index in [1.807, 2.05) is 0 Å². The second-order valence-electron chi connectivity index (χ2n) is 5.35. The van der Waals surface area contributed by atoms with Gasteiger partial charge in [0.2, 0.25) is 0 Å². The van der Waals surface area contributed by atoms with Crippen molar-refractivity contribution in [2.45, 2.75) is 31.9 Å². The Labute approximate surface area is 123 Å². The number of nitrogens with two attached hydrogens (primary N) is 1. The number of aromatic nitrogens is 1. The van der Waals surface area contributed by atoms with Crippen molar-refractivity contribution in [3.63, 3.8) is 0 Å². The first-order valence-corrected chi connectivity index (χ1v) is 8.85. The zero-order chi connectivity index (χ0) is 15.4. The van der Waals surface area contributed by atoms with E-state index in [4.69, 9.17) is 5.73 Å². The molecule has 6 nitrogen and oxygen atoms in total. The Hall–Kier alpha value is -0.990. The van der Waals surface area contributed by atoms with Gasteiger partial charge in [-0.3, -0.25) is 4.79 Å². The molecule has 0 radical (unpaired) electrons. The van der Waals surface area contributed by atoms with Crippen molar-refractivity contribution in [3.05, 3.63) is 16.1 Å². The van der Waals surface area contributed by atoms with E-state index in [0.29, 0.717) is 18.7 Å². The highest BCUT2D eigenvalue weighted by atomic mass is 32.2. The van der Waals surface area contributed by atoms with Crippen LogP contribution >= 0.6 is 11.3 Å². The normalized spacial score (nSPS) is 12.4. The first-order valence-electron chi connectivity index (χ1n) is 6.32. The van der Waals surface area contributed by atoms with Crippen molar-refractivity contribution in [2.75, 3.05) is 18.8 Å². The number of thiazole rings is 1. The Morgan fingerprint density at radius 1 is 1.45 bits per heavy atom. The summed E-state index contributed by atoms with van der Waals surface area (Å²) in [5.41, 5.74) is 5.73. The summed E-state index contributed by atoms with van der Waals surface area (Å²) >= 11 is 1.38. The van der Waals surface area contributed by atoms with E-state index in [1.165, 1.54) is 11.3 Å². The molecule has 0 aromatic carbocycles. The van der Waals surface area contributed by atoms with Gasteiger partial charge in [-0.25, -0.2) is 13.4 Å². The molecule has 0 unspecified atom stereocenters. The van der Waals surface area contributed by atoms with Gasteiger partial charge in [0.25, 0.3) is 5.91 Å². The molecule has 0 fully saturated rings. The van der Waals surface area contributed by atoms with Crippen LogP contribution in [0.4, 0.5) is 0 Å². The number of carbonyl (C=O) groups excluding carboxylic acids is 1. The van der Waals surface area contributed by atoms with Crippen LogP contribution in [0.3, 0.4) is 0 Å². The lowest BCUT2D eigenvalue weighted by Gasteiger charge is -2.18. The molecule has 1 heterocycles. The van der Waals surface area contributed by atoms with Gasteiger partial charge in [-0.1, -0.05) is 0 Å². The predicted octanol–water partition coefficient (Wildman–Crippen LogP) is 0.587. The summed E-state index contributed by atoms with van der Waals surface area (Å²) in [4.78, 5) is 15.9. The number of nitrogens with zero attached hydrogens (tertiary/aromatic N) is 1. The average molecular weight is 319 g/mol. The number of hydrogen-bond acceptors (Lipinski definition) is 6. The third-order valence-corrected chi connectivity index (χ3v) is 6.25. The molecule has 1 aromatic rings. The summed E-state index contributed by atoms with van der Waals surface area (Å²) in [6.07, 6.45) is 0.635. The largest absolute Gasteiger partial charge is 0.350 e. The predicted molar refractivity (Wildman–Crippen MR) is 80.7 cm³/mol. The van der Waals surface area contributed by atoms with Crippen molar-refractivity contribution in [3.8, 4) is 0 Å². The second kappa shape index (κ2) is 6.64. The molecular formula is C12H21N3O3S2. The molecule has 20 heavy (non-hydrogen) atoms. The van der Waals surface area contributed by atoms with Gasteiger partial charge in [-0.15, -0.1) is 11.3 Å². The minimum Gasteiger partial charge on any atom is -0.350 e. The van der Waals surface area contributed by atoms with Gasteiger partial charge in [-0.2, -0.15) is 0 Å². The lowest BCUT2D eigenvalue weighted by atomic mass is 10.3. The van der Waals surface area contributed by atoms with Crippen molar-refractivity contribution in [1.29, 1.82) is 0 Å². The summed E-state index contributed by atoms with van der Waals surface area (Å²) < 4.78 is 22.9. The number of amides is 1. The Bertz CT molecular complexity index is 559. The van der Waals surface area contributed by atoms with Crippen LogP contribution in [0.2, 0.25) is 0 Å². The summed E-state index contributed by atoms with van der Waals surface area (Å²) in [7, 11) is -3.23. The van der Waals surface area contributed by atoms with E-state index in [2.05, 4.69) is 10.3 Å². The van der Waals surface area contributed by atoms with Gasteiger partial charge in [0.1, 0.15) is 5.69 Å². The third-order valence-electron chi connectivity index (χ3n) is 2.73. The highest BCUT2D eigenvalue weighted by Gasteiger charge is 2.28. The van der Waals surface area contributed by atoms with E-state index < -0.39 is 14.6 Å². The molecular weight excluding hydrogens is 298 g/mol. The topological polar surface area (TPSA) is 102 Å². The highest BCUT2D eigenvalue weighted by Crippen LogP contribution is 2.15. The first-order chi connectivity index (χ1) is 9.17. The summed E-state index contributed by atoms with van der Waals surface area (Å²) in [5.74, 6) is -0.434. The van der Waals surface area contributed by atoms with Crippen LogP contribution in [0.1, 0.15) is 36.3 Å². The van der Waals surface area contributed by atoms with E-state index >= 15 is 0 Å². The Morgan fingerprint density at radius 2 is 2.10 bits per heavy atom. The van der Waals surface area contributed by atoms with Crippen LogP contribution < -0.4 is 11.1 Å². The van der Waals surface area contributed by atoms with Gasteiger partial charge in [0, 0.05) is 18.3 Å². The fourth-order valence-electron chi connectivity index (χ4n) is 1.35. The van der Waals surface area contributed by atoms with Gasteiger partial charge in [0.15, 0.2) is 9.84 Å². The smallest absolute Gasteiger partial charge is 0.270 e. The van der Waals surface area contributed by atoms with Crippen LogP contribution in [0.25, 0.3) is 0 Å². The maximum absolute atomic E-state index is 11.9. The van der Waals surface area contributed by atoms with E-state index in [-0.39, 0.29) is 18.2 Å². The molecule has 0 bridgehead atoms. The minimum atomic E-state index is -3.23. The Balaban J connectivity index is 2.52. The van der Waals surface area contributed by atoms with Crippen LogP contribution in [0.15, 0.2) is 5.38 Å². The molecule has 1 rings (SSSR count). The van der Waals surface area contributed by atoms with Gasteiger partial charge in [0.05, 0.1) is 15.5 Å². The molecule has 0 aliphatic carbocycles. The number of rotatable bonds is 6. The van der Waals surface area contributed by atoms with E-state index in [9.17, 15) is 13.2 Å². The average Bonchev–Trinajstić information content (AvgIpc) is 2.76. The fourth-order valence-corrected chi connectivity index (χ4v) is 3.13. The van der Waals surface area contributed by atoms with E-state index in [0.717, 1.165) is 5.01 Å². The third kappa shape index (κ3) is 4.53. The zero-order valence-electron chi connectivity index (χ0n) is 12.0. The quantitative estimate of drug-likeness (QED) is 0.799. The molecule has 0 aliphatic heterocycles. The number of nitrogens with one attached hydrogen (secondary N) is 1. The van der Waals surface area contributed by atoms with Crippen molar-refractivity contribution >= 4 is 27.1 Å². The monoisotopic (exact) mass is 319 g/mol. The van der Waals surface area contributed by atoms with Gasteiger partial charge in [-0.05, 0) is 27.3 Å². The van der Waals surface area contributed by atoms with Crippen LogP contribution in [0.5, 0.6) is 0 Å². The van der Waals surface area contributed by atoms with E-state index in [1.54, 1.807) is 26.2 Å². The maximum Gasteiger partial charge on any atom is 0.270 e. The molecule has 1 aromatic heterocycles. The lowest BCUT2D eigenvalue weighted by molar-refractivity contribution is 0.0951. The van der Waals surface area contributed by atoms with Crippen LogP contribution in [0, 0.1) is 0 Å². The molecule has 0 saturated heterocycles. The Kier molecular flexibility index (Phi) is 5.67.